The highest BCUT2D eigenvalue weighted by molar-refractivity contribution is 5.37. The molecule has 22 heavy (non-hydrogen) atoms. The first-order valence-corrected chi connectivity index (χ1v) is 7.95. The van der Waals surface area contributed by atoms with E-state index in [1.165, 1.54) is 22.3 Å². The zero-order valence-corrected chi connectivity index (χ0v) is 13.2. The van der Waals surface area contributed by atoms with Crippen molar-refractivity contribution in [3.8, 4) is 0 Å². The maximum Gasteiger partial charge on any atom is 0.00610 e. The molecule has 0 aliphatic carbocycles. The second-order valence-corrected chi connectivity index (χ2v) is 5.93. The third kappa shape index (κ3) is 3.12. The summed E-state index contributed by atoms with van der Waals surface area (Å²) in [6.07, 6.45) is 0. The average Bonchev–Trinajstić information content (AvgIpc) is 2.62. The van der Waals surface area contributed by atoms with Crippen LogP contribution in [-0.2, 0) is 0 Å². The van der Waals surface area contributed by atoms with E-state index in [0.29, 0.717) is 11.8 Å². The molecule has 0 heteroatoms. The van der Waals surface area contributed by atoms with Gasteiger partial charge in [0, 0.05) is 11.8 Å². The fourth-order valence-corrected chi connectivity index (χ4v) is 2.94. The molecule has 0 nitrogen and oxygen atoms in total. The normalized spacial score (nSPS) is 13.5. The van der Waals surface area contributed by atoms with Gasteiger partial charge >= 0.3 is 0 Å². The summed E-state index contributed by atoms with van der Waals surface area (Å²) in [7, 11) is 0. The topological polar surface area (TPSA) is 0 Å². The quantitative estimate of drug-likeness (QED) is 0.552. The molecular weight excluding hydrogens is 264 g/mol. The molecule has 0 saturated carbocycles. The molecule has 0 aromatic heterocycles. The van der Waals surface area contributed by atoms with Crippen LogP contribution in [0.4, 0.5) is 0 Å². The minimum atomic E-state index is 0.433. The zero-order valence-electron chi connectivity index (χ0n) is 13.2. The monoisotopic (exact) mass is 286 g/mol. The summed E-state index contributed by atoms with van der Waals surface area (Å²) in [5, 5.41) is 0. The van der Waals surface area contributed by atoms with Crippen LogP contribution in [0.15, 0.2) is 84.9 Å². The largest absolute Gasteiger partial charge is 0.0622 e. The molecule has 3 rings (SSSR count). The van der Waals surface area contributed by atoms with Crippen LogP contribution in [0.25, 0.3) is 0 Å². The molecular formula is C22H22. The molecule has 2 unspecified atom stereocenters. The summed E-state index contributed by atoms with van der Waals surface area (Å²) in [6, 6.07) is 30.5. The molecule has 0 amide bonds. The lowest BCUT2D eigenvalue weighted by atomic mass is 9.89. The first-order valence-electron chi connectivity index (χ1n) is 7.95. The Balaban J connectivity index is 1.81. The first kappa shape index (κ1) is 14.6. The molecule has 0 radical (unpaired) electrons. The Morgan fingerprint density at radius 2 is 0.682 bits per heavy atom. The second-order valence-electron chi connectivity index (χ2n) is 5.93. The van der Waals surface area contributed by atoms with Crippen LogP contribution in [0, 0.1) is 0 Å². The van der Waals surface area contributed by atoms with E-state index in [1.807, 2.05) is 0 Å². The average molecular weight is 286 g/mol. The number of benzene rings is 3. The van der Waals surface area contributed by atoms with E-state index >= 15 is 0 Å². The van der Waals surface area contributed by atoms with Crippen LogP contribution in [-0.4, -0.2) is 0 Å². The van der Waals surface area contributed by atoms with E-state index in [2.05, 4.69) is 98.8 Å². The van der Waals surface area contributed by atoms with Gasteiger partial charge in [0.2, 0.25) is 0 Å². The number of hydrogen-bond donors (Lipinski definition) is 0. The fourth-order valence-electron chi connectivity index (χ4n) is 2.94. The predicted molar refractivity (Wildman–Crippen MR) is 94.4 cm³/mol. The maximum absolute atomic E-state index is 2.27. The Morgan fingerprint density at radius 3 is 1.00 bits per heavy atom. The molecule has 0 aliphatic heterocycles. The van der Waals surface area contributed by atoms with E-state index in [1.54, 1.807) is 0 Å². The summed E-state index contributed by atoms with van der Waals surface area (Å²) in [6.45, 7) is 4.54. The molecule has 0 fully saturated rings. The van der Waals surface area contributed by atoms with Gasteiger partial charge in [-0.1, -0.05) is 98.8 Å². The first-order chi connectivity index (χ1) is 10.8. The molecule has 0 saturated heterocycles. The Bertz CT molecular complexity index is 632. The minimum Gasteiger partial charge on any atom is -0.0622 e. The van der Waals surface area contributed by atoms with Crippen LogP contribution in [0.1, 0.15) is 47.9 Å². The molecule has 110 valence electrons. The molecule has 0 bridgehead atoms. The van der Waals surface area contributed by atoms with E-state index in [-0.39, 0.29) is 0 Å². The third-order valence-corrected chi connectivity index (χ3v) is 4.54. The van der Waals surface area contributed by atoms with E-state index in [0.717, 1.165) is 0 Å². The van der Waals surface area contributed by atoms with Crippen LogP contribution >= 0.6 is 0 Å². The van der Waals surface area contributed by atoms with Gasteiger partial charge in [0.25, 0.3) is 0 Å². The summed E-state index contributed by atoms with van der Waals surface area (Å²) in [4.78, 5) is 0. The van der Waals surface area contributed by atoms with Crippen molar-refractivity contribution < 1.29 is 0 Å². The van der Waals surface area contributed by atoms with Gasteiger partial charge in [0.15, 0.2) is 0 Å². The van der Waals surface area contributed by atoms with E-state index in [4.69, 9.17) is 0 Å². The highest BCUT2D eigenvalue weighted by Crippen LogP contribution is 2.28. The van der Waals surface area contributed by atoms with Crippen molar-refractivity contribution in [2.75, 3.05) is 0 Å². The van der Waals surface area contributed by atoms with Gasteiger partial charge in [0.1, 0.15) is 0 Å². The van der Waals surface area contributed by atoms with Crippen molar-refractivity contribution in [2.24, 2.45) is 0 Å². The number of rotatable bonds is 4. The van der Waals surface area contributed by atoms with Gasteiger partial charge in [-0.3, -0.25) is 0 Å². The Hall–Kier alpha value is -2.34. The zero-order chi connectivity index (χ0) is 15.4. The molecule has 0 spiro atoms. The SMILES string of the molecule is CC(c1ccccc1)c1ccc(C(C)c2ccccc2)cc1. The molecule has 3 aromatic rings. The lowest BCUT2D eigenvalue weighted by Crippen LogP contribution is -1.99. The maximum atomic E-state index is 2.27. The van der Waals surface area contributed by atoms with Gasteiger partial charge < -0.3 is 0 Å². The molecule has 0 heterocycles. The summed E-state index contributed by atoms with van der Waals surface area (Å²) >= 11 is 0. The van der Waals surface area contributed by atoms with Crippen LogP contribution < -0.4 is 0 Å². The smallest absolute Gasteiger partial charge is 0.00610 e. The second kappa shape index (κ2) is 6.62. The van der Waals surface area contributed by atoms with Crippen molar-refractivity contribution in [1.82, 2.24) is 0 Å². The summed E-state index contributed by atoms with van der Waals surface area (Å²) in [5.41, 5.74) is 5.48. The van der Waals surface area contributed by atoms with Gasteiger partial charge in [-0.2, -0.15) is 0 Å². The standard InChI is InChI=1S/C22H22/c1-17(19-9-5-3-6-10-19)21-13-15-22(16-14-21)18(2)20-11-7-4-8-12-20/h3-18H,1-2H3. The Morgan fingerprint density at radius 1 is 0.409 bits per heavy atom. The molecule has 3 aromatic carbocycles. The van der Waals surface area contributed by atoms with Crippen molar-refractivity contribution in [3.05, 3.63) is 107 Å². The van der Waals surface area contributed by atoms with E-state index in [9.17, 15) is 0 Å². The van der Waals surface area contributed by atoms with Gasteiger partial charge in [-0.05, 0) is 22.3 Å². The van der Waals surface area contributed by atoms with Gasteiger partial charge in [-0.25, -0.2) is 0 Å². The van der Waals surface area contributed by atoms with Crippen LogP contribution in [0.5, 0.6) is 0 Å². The molecule has 0 aliphatic rings. The van der Waals surface area contributed by atoms with E-state index < -0.39 is 0 Å². The Kier molecular flexibility index (Phi) is 4.39. The third-order valence-electron chi connectivity index (χ3n) is 4.54. The van der Waals surface area contributed by atoms with Crippen LogP contribution in [0.3, 0.4) is 0 Å². The fraction of sp³-hybridized carbons (Fsp3) is 0.182. The Labute approximate surface area is 133 Å². The number of hydrogen-bond acceptors (Lipinski definition) is 0. The lowest BCUT2D eigenvalue weighted by molar-refractivity contribution is 0.898. The van der Waals surface area contributed by atoms with Gasteiger partial charge in [0.05, 0.1) is 0 Å². The summed E-state index contributed by atoms with van der Waals surface area (Å²) in [5.74, 6) is 0.865. The van der Waals surface area contributed by atoms with Crippen molar-refractivity contribution in [3.63, 3.8) is 0 Å². The highest BCUT2D eigenvalue weighted by atomic mass is 14.1. The van der Waals surface area contributed by atoms with Crippen molar-refractivity contribution in [2.45, 2.75) is 25.7 Å². The predicted octanol–water partition coefficient (Wildman–Crippen LogP) is 5.99. The van der Waals surface area contributed by atoms with Crippen LogP contribution in [0.2, 0.25) is 0 Å². The highest BCUT2D eigenvalue weighted by Gasteiger charge is 2.11. The van der Waals surface area contributed by atoms with Gasteiger partial charge in [-0.15, -0.1) is 0 Å². The minimum absolute atomic E-state index is 0.433. The van der Waals surface area contributed by atoms with Crippen molar-refractivity contribution >= 4 is 0 Å². The lowest BCUT2D eigenvalue weighted by Gasteiger charge is -2.16. The summed E-state index contributed by atoms with van der Waals surface area (Å²) < 4.78 is 0. The molecule has 2 atom stereocenters. The molecule has 0 N–H and O–H groups in total. The van der Waals surface area contributed by atoms with Crippen molar-refractivity contribution in [1.29, 1.82) is 0 Å².